The van der Waals surface area contributed by atoms with Gasteiger partial charge in [0.2, 0.25) is 0 Å². The number of hydrogen-bond acceptors (Lipinski definition) is 5. The van der Waals surface area contributed by atoms with Crippen LogP contribution in [-0.2, 0) is 12.1 Å². The van der Waals surface area contributed by atoms with Crippen molar-refractivity contribution in [3.8, 4) is 0 Å². The third kappa shape index (κ3) is 2.90. The van der Waals surface area contributed by atoms with Crippen LogP contribution in [0.4, 0.5) is 0 Å². The molecule has 150 valence electrons. The summed E-state index contributed by atoms with van der Waals surface area (Å²) in [6.45, 7) is 3.79. The molecule has 1 aliphatic heterocycles. The summed E-state index contributed by atoms with van der Waals surface area (Å²) < 4.78 is 0. The summed E-state index contributed by atoms with van der Waals surface area (Å²) >= 11 is 0. The van der Waals surface area contributed by atoms with E-state index in [0.29, 0.717) is 29.8 Å². The Morgan fingerprint density at radius 1 is 0.733 bits per heavy atom. The number of nitrogens with zero attached hydrogens (tertiary/aromatic N) is 3. The predicted molar refractivity (Wildman–Crippen MR) is 114 cm³/mol. The summed E-state index contributed by atoms with van der Waals surface area (Å²) in [6.07, 6.45) is 3.32. The lowest BCUT2D eigenvalue weighted by Gasteiger charge is -2.44. The molecule has 5 nitrogen and oxygen atoms in total. The Labute approximate surface area is 176 Å². The Morgan fingerprint density at radius 2 is 1.30 bits per heavy atom. The van der Waals surface area contributed by atoms with Crippen LogP contribution in [0.25, 0.3) is 0 Å². The molecule has 0 saturated carbocycles. The van der Waals surface area contributed by atoms with E-state index in [1.54, 1.807) is 36.7 Å². The van der Waals surface area contributed by atoms with Crippen LogP contribution in [0.3, 0.4) is 0 Å². The molecule has 0 spiro atoms. The lowest BCUT2D eigenvalue weighted by molar-refractivity contribution is 0.0279. The second-order valence-electron chi connectivity index (χ2n) is 7.90. The lowest BCUT2D eigenvalue weighted by atomic mass is 9.83. The number of fused-ring (bicyclic) bond motifs is 1. The third-order valence-electron chi connectivity index (χ3n) is 6.27. The van der Waals surface area contributed by atoms with Crippen molar-refractivity contribution in [2.45, 2.75) is 12.1 Å². The summed E-state index contributed by atoms with van der Waals surface area (Å²) in [7, 11) is 0. The van der Waals surface area contributed by atoms with Crippen LogP contribution in [-0.4, -0.2) is 52.5 Å². The Bertz CT molecular complexity index is 1040. The average Bonchev–Trinajstić information content (AvgIpc) is 3.04. The molecule has 1 fully saturated rings. The number of rotatable bonds is 4. The van der Waals surface area contributed by atoms with Gasteiger partial charge >= 0.3 is 0 Å². The number of Topliss-reactive ketones (excluding diaryl/α,β-unsaturated/α-hetero) is 2. The molecule has 2 aromatic carbocycles. The highest BCUT2D eigenvalue weighted by Crippen LogP contribution is 2.42. The largest absolute Gasteiger partial charge is 0.297 e. The maximum atomic E-state index is 13.7. The second kappa shape index (κ2) is 7.59. The highest BCUT2D eigenvalue weighted by molar-refractivity contribution is 6.32. The normalized spacial score (nSPS) is 19.1. The highest BCUT2D eigenvalue weighted by Gasteiger charge is 2.58. The molecule has 1 aliphatic carbocycles. The first-order chi connectivity index (χ1) is 14.7. The van der Waals surface area contributed by atoms with E-state index in [1.807, 2.05) is 18.2 Å². The number of piperazine rings is 1. The molecule has 30 heavy (non-hydrogen) atoms. The number of carbonyl (C=O) groups is 2. The second-order valence-corrected chi connectivity index (χ2v) is 7.90. The van der Waals surface area contributed by atoms with E-state index in [0.717, 1.165) is 19.6 Å². The van der Waals surface area contributed by atoms with Crippen LogP contribution >= 0.6 is 0 Å². The summed E-state index contributed by atoms with van der Waals surface area (Å²) in [5.74, 6) is -0.239. The van der Waals surface area contributed by atoms with Gasteiger partial charge in [0.15, 0.2) is 17.1 Å². The molecule has 0 bridgehead atoms. The highest BCUT2D eigenvalue weighted by atomic mass is 16.2. The summed E-state index contributed by atoms with van der Waals surface area (Å²) in [5.41, 5.74) is 1.73. The van der Waals surface area contributed by atoms with Crippen LogP contribution in [0.2, 0.25) is 0 Å². The maximum absolute atomic E-state index is 13.7. The van der Waals surface area contributed by atoms with Gasteiger partial charge in [0.1, 0.15) is 0 Å². The van der Waals surface area contributed by atoms with Gasteiger partial charge in [-0.15, -0.1) is 0 Å². The predicted octanol–water partition coefficient (Wildman–Crippen LogP) is 3.17. The monoisotopic (exact) mass is 397 g/mol. The molecule has 5 heteroatoms. The van der Waals surface area contributed by atoms with E-state index in [9.17, 15) is 9.59 Å². The van der Waals surface area contributed by atoms with Gasteiger partial charge in [-0.25, -0.2) is 0 Å². The smallest absolute Gasteiger partial charge is 0.196 e. The van der Waals surface area contributed by atoms with E-state index in [2.05, 4.69) is 39.0 Å². The minimum atomic E-state index is -1.29. The Morgan fingerprint density at radius 3 is 1.90 bits per heavy atom. The van der Waals surface area contributed by atoms with Crippen LogP contribution in [0, 0.1) is 0 Å². The standard InChI is InChI=1S/C25H23N3O2/c29-23-21-8-4-5-9-22(21)24(30)25(23,20-10-12-26-13-11-20)28-16-14-27(15-17-28)18-19-6-2-1-3-7-19/h1-13H,14-18H2. The van der Waals surface area contributed by atoms with Gasteiger partial charge in [0, 0.05) is 56.2 Å². The minimum absolute atomic E-state index is 0.120. The van der Waals surface area contributed by atoms with Crippen molar-refractivity contribution in [1.82, 2.24) is 14.8 Å². The van der Waals surface area contributed by atoms with E-state index in [-0.39, 0.29) is 11.6 Å². The third-order valence-corrected chi connectivity index (χ3v) is 6.27. The molecule has 1 aromatic heterocycles. The lowest BCUT2D eigenvalue weighted by Crippen LogP contribution is -2.60. The Balaban J connectivity index is 1.47. The van der Waals surface area contributed by atoms with Crippen LogP contribution < -0.4 is 0 Å². The Kier molecular flexibility index (Phi) is 4.77. The van der Waals surface area contributed by atoms with Gasteiger partial charge in [0.05, 0.1) is 0 Å². The fourth-order valence-electron chi connectivity index (χ4n) is 4.78. The van der Waals surface area contributed by atoms with Gasteiger partial charge in [-0.2, -0.15) is 0 Å². The molecule has 2 aliphatic rings. The quantitative estimate of drug-likeness (QED) is 0.633. The fourth-order valence-corrected chi connectivity index (χ4v) is 4.78. The van der Waals surface area contributed by atoms with Crippen molar-refractivity contribution >= 4 is 11.6 Å². The van der Waals surface area contributed by atoms with Crippen molar-refractivity contribution in [2.24, 2.45) is 0 Å². The molecule has 0 unspecified atom stereocenters. The van der Waals surface area contributed by atoms with Crippen LogP contribution in [0.15, 0.2) is 79.1 Å². The first kappa shape index (κ1) is 18.9. The van der Waals surface area contributed by atoms with Gasteiger partial charge in [-0.05, 0) is 23.3 Å². The number of hydrogen-bond donors (Lipinski definition) is 0. The summed E-state index contributed by atoms with van der Waals surface area (Å²) in [6, 6.07) is 21.2. The van der Waals surface area contributed by atoms with Gasteiger partial charge < -0.3 is 0 Å². The summed E-state index contributed by atoms with van der Waals surface area (Å²) in [4.78, 5) is 36.0. The fraction of sp³-hybridized carbons (Fsp3) is 0.240. The van der Waals surface area contributed by atoms with E-state index >= 15 is 0 Å². The number of ketones is 2. The van der Waals surface area contributed by atoms with Crippen LogP contribution in [0.5, 0.6) is 0 Å². The molecular formula is C25H23N3O2. The van der Waals surface area contributed by atoms with Crippen molar-refractivity contribution in [3.63, 3.8) is 0 Å². The van der Waals surface area contributed by atoms with E-state index in [1.165, 1.54) is 5.56 Å². The first-order valence-corrected chi connectivity index (χ1v) is 10.3. The van der Waals surface area contributed by atoms with E-state index < -0.39 is 5.54 Å². The molecule has 0 radical (unpaired) electrons. The van der Waals surface area contributed by atoms with Crippen molar-refractivity contribution < 1.29 is 9.59 Å². The summed E-state index contributed by atoms with van der Waals surface area (Å²) in [5, 5.41) is 0. The average molecular weight is 397 g/mol. The zero-order valence-corrected chi connectivity index (χ0v) is 16.7. The molecule has 5 rings (SSSR count). The van der Waals surface area contributed by atoms with Crippen molar-refractivity contribution in [3.05, 3.63) is 101 Å². The Hall–Kier alpha value is -3.15. The maximum Gasteiger partial charge on any atom is 0.196 e. The first-order valence-electron chi connectivity index (χ1n) is 10.3. The van der Waals surface area contributed by atoms with Gasteiger partial charge in [-0.1, -0.05) is 54.6 Å². The zero-order valence-electron chi connectivity index (χ0n) is 16.7. The molecule has 0 atom stereocenters. The van der Waals surface area contributed by atoms with Gasteiger partial charge in [-0.3, -0.25) is 24.4 Å². The number of aromatic nitrogens is 1. The number of benzene rings is 2. The van der Waals surface area contributed by atoms with Crippen molar-refractivity contribution in [2.75, 3.05) is 26.2 Å². The minimum Gasteiger partial charge on any atom is -0.297 e. The zero-order chi connectivity index (χ0) is 20.6. The molecule has 1 saturated heterocycles. The number of carbonyl (C=O) groups excluding carboxylic acids is 2. The number of pyridine rings is 1. The molecule has 2 heterocycles. The molecule has 3 aromatic rings. The van der Waals surface area contributed by atoms with Gasteiger partial charge in [0.25, 0.3) is 0 Å². The molecule has 0 amide bonds. The topological polar surface area (TPSA) is 53.5 Å². The van der Waals surface area contributed by atoms with Crippen molar-refractivity contribution in [1.29, 1.82) is 0 Å². The van der Waals surface area contributed by atoms with E-state index in [4.69, 9.17) is 0 Å². The molecular weight excluding hydrogens is 374 g/mol. The van der Waals surface area contributed by atoms with Crippen LogP contribution in [0.1, 0.15) is 31.8 Å². The molecule has 0 N–H and O–H groups in total. The SMILES string of the molecule is O=C1c2ccccc2C(=O)C1(c1ccncc1)N1CCN(Cc2ccccc2)CC1.